The van der Waals surface area contributed by atoms with Gasteiger partial charge in [-0.25, -0.2) is 9.97 Å². The van der Waals surface area contributed by atoms with Crippen LogP contribution in [-0.2, 0) is 12.8 Å². The summed E-state index contributed by atoms with van der Waals surface area (Å²) in [5, 5.41) is 2.86. The lowest BCUT2D eigenvalue weighted by atomic mass is 10.0. The average Bonchev–Trinajstić information content (AvgIpc) is 3.08. The molecule has 5 heteroatoms. The van der Waals surface area contributed by atoms with Crippen LogP contribution in [0.1, 0.15) is 28.5 Å². The molecule has 0 saturated heterocycles. The summed E-state index contributed by atoms with van der Waals surface area (Å²) in [4.78, 5) is 24.4. The lowest BCUT2D eigenvalue weighted by Crippen LogP contribution is -2.31. The fraction of sp³-hybridized carbons (Fsp3) is 0.211. The number of hydrogen-bond acceptors (Lipinski definition) is 3. The molecule has 1 aliphatic rings. The van der Waals surface area contributed by atoms with Gasteiger partial charge in [-0.05, 0) is 24.1 Å². The van der Waals surface area contributed by atoms with Gasteiger partial charge in [0.05, 0.1) is 17.0 Å². The van der Waals surface area contributed by atoms with Crippen molar-refractivity contribution in [1.82, 2.24) is 20.3 Å². The second kappa shape index (κ2) is 5.92. The van der Waals surface area contributed by atoms with Crippen LogP contribution in [0.4, 0.5) is 0 Å². The maximum atomic E-state index is 11.9. The Bertz CT molecular complexity index is 913. The molecule has 1 aromatic carbocycles. The lowest BCUT2D eigenvalue weighted by molar-refractivity contribution is 0.0946. The molecule has 1 amide bonds. The number of aromatic nitrogens is 3. The van der Waals surface area contributed by atoms with Crippen LogP contribution in [0.15, 0.2) is 42.6 Å². The van der Waals surface area contributed by atoms with Crippen molar-refractivity contribution in [2.75, 3.05) is 6.54 Å². The smallest absolute Gasteiger partial charge is 0.253 e. The molecule has 1 aliphatic heterocycles. The number of aromatic amines is 1. The van der Waals surface area contributed by atoms with Gasteiger partial charge in [-0.2, -0.15) is 0 Å². The second-order valence-electron chi connectivity index (χ2n) is 5.86. The monoisotopic (exact) mass is 318 g/mol. The average molecular weight is 318 g/mol. The summed E-state index contributed by atoms with van der Waals surface area (Å²) in [6, 6.07) is 11.9. The normalized spacial score (nSPS) is 13.5. The Kier molecular flexibility index (Phi) is 3.61. The van der Waals surface area contributed by atoms with Gasteiger partial charge in [0.1, 0.15) is 0 Å². The third-order valence-electron chi connectivity index (χ3n) is 4.38. The van der Waals surface area contributed by atoms with Crippen molar-refractivity contribution in [3.8, 4) is 22.8 Å². The second-order valence-corrected chi connectivity index (χ2v) is 5.86. The summed E-state index contributed by atoms with van der Waals surface area (Å²) >= 11 is 0. The van der Waals surface area contributed by atoms with Gasteiger partial charge >= 0.3 is 0 Å². The molecule has 120 valence electrons. The third-order valence-corrected chi connectivity index (χ3v) is 4.38. The predicted octanol–water partition coefficient (Wildman–Crippen LogP) is 2.99. The van der Waals surface area contributed by atoms with Crippen molar-refractivity contribution >= 4 is 5.91 Å². The molecule has 3 aromatic rings. The highest BCUT2D eigenvalue weighted by Crippen LogP contribution is 2.26. The van der Waals surface area contributed by atoms with E-state index in [-0.39, 0.29) is 5.91 Å². The van der Waals surface area contributed by atoms with Crippen molar-refractivity contribution in [1.29, 1.82) is 0 Å². The van der Waals surface area contributed by atoms with E-state index in [9.17, 15) is 4.79 Å². The fourth-order valence-electron chi connectivity index (χ4n) is 3.12. The summed E-state index contributed by atoms with van der Waals surface area (Å²) in [5.41, 5.74) is 5.62. The highest BCUT2D eigenvalue weighted by atomic mass is 16.1. The fourth-order valence-corrected chi connectivity index (χ4v) is 3.12. The molecule has 0 saturated carbocycles. The molecule has 24 heavy (non-hydrogen) atoms. The van der Waals surface area contributed by atoms with Crippen LogP contribution in [0, 0.1) is 0 Å². The van der Waals surface area contributed by atoms with Crippen molar-refractivity contribution in [2.45, 2.75) is 19.8 Å². The zero-order valence-corrected chi connectivity index (χ0v) is 13.5. The molecule has 0 unspecified atom stereocenters. The number of rotatable bonds is 3. The Hall–Kier alpha value is -2.95. The molecule has 5 nitrogen and oxygen atoms in total. The predicted molar refractivity (Wildman–Crippen MR) is 92.7 cm³/mol. The van der Waals surface area contributed by atoms with E-state index in [1.807, 2.05) is 30.3 Å². The molecular formula is C19H18N4O. The van der Waals surface area contributed by atoms with Gasteiger partial charge in [-0.1, -0.05) is 31.2 Å². The van der Waals surface area contributed by atoms with Crippen LogP contribution in [0.5, 0.6) is 0 Å². The molecule has 0 bridgehead atoms. The first-order valence-corrected chi connectivity index (χ1v) is 8.18. The first-order valence-electron chi connectivity index (χ1n) is 8.18. The Labute approximate surface area is 140 Å². The minimum absolute atomic E-state index is 0.0237. The van der Waals surface area contributed by atoms with E-state index in [1.165, 1.54) is 5.56 Å². The van der Waals surface area contributed by atoms with E-state index in [0.717, 1.165) is 35.5 Å². The maximum Gasteiger partial charge on any atom is 0.253 e. The zero-order chi connectivity index (χ0) is 16.5. The summed E-state index contributed by atoms with van der Waals surface area (Å²) in [6.07, 6.45) is 3.52. The first-order chi connectivity index (χ1) is 11.8. The number of H-pyrrole nitrogens is 1. The minimum atomic E-state index is -0.0237. The molecule has 2 N–H and O–H groups in total. The number of benzene rings is 1. The number of fused-ring (bicyclic) bond motifs is 1. The molecule has 0 fully saturated rings. The quantitative estimate of drug-likeness (QED) is 0.780. The third kappa shape index (κ3) is 2.48. The summed E-state index contributed by atoms with van der Waals surface area (Å²) in [6.45, 7) is 2.80. The van der Waals surface area contributed by atoms with Gasteiger partial charge in [0, 0.05) is 30.4 Å². The lowest BCUT2D eigenvalue weighted by Gasteiger charge is -2.10. The van der Waals surface area contributed by atoms with Crippen molar-refractivity contribution in [3.05, 3.63) is 59.4 Å². The zero-order valence-electron chi connectivity index (χ0n) is 13.5. The highest BCUT2D eigenvalue weighted by Gasteiger charge is 2.20. The molecule has 4 rings (SSSR count). The Morgan fingerprint density at radius 2 is 2.04 bits per heavy atom. The van der Waals surface area contributed by atoms with Crippen LogP contribution < -0.4 is 5.32 Å². The molecule has 0 radical (unpaired) electrons. The van der Waals surface area contributed by atoms with E-state index in [1.54, 1.807) is 6.20 Å². The SMILES string of the molecule is CCc1ccccc1-c1nccc(-c2cc3c([nH]2)CCNC3=O)n1. The number of aryl methyl sites for hydroxylation is 1. The maximum absolute atomic E-state index is 11.9. The molecule has 0 atom stereocenters. The molecule has 3 heterocycles. The number of carbonyl (C=O) groups is 1. The van der Waals surface area contributed by atoms with E-state index in [0.29, 0.717) is 17.9 Å². The van der Waals surface area contributed by atoms with Crippen molar-refractivity contribution in [3.63, 3.8) is 0 Å². The molecule has 2 aromatic heterocycles. The van der Waals surface area contributed by atoms with Crippen molar-refractivity contribution < 1.29 is 4.79 Å². The summed E-state index contributed by atoms with van der Waals surface area (Å²) in [5.74, 6) is 0.686. The Balaban J connectivity index is 1.77. The molecule has 0 aliphatic carbocycles. The molecular weight excluding hydrogens is 300 g/mol. The van der Waals surface area contributed by atoms with E-state index in [2.05, 4.69) is 28.3 Å². The number of hydrogen-bond donors (Lipinski definition) is 2. The van der Waals surface area contributed by atoms with Crippen LogP contribution in [0.3, 0.4) is 0 Å². The largest absolute Gasteiger partial charge is 0.356 e. The van der Waals surface area contributed by atoms with Crippen LogP contribution in [0.2, 0.25) is 0 Å². The number of nitrogens with zero attached hydrogens (tertiary/aromatic N) is 2. The van der Waals surface area contributed by atoms with Gasteiger partial charge in [0.15, 0.2) is 5.82 Å². The minimum Gasteiger partial charge on any atom is -0.356 e. The topological polar surface area (TPSA) is 70.7 Å². The Morgan fingerprint density at radius 1 is 1.17 bits per heavy atom. The standard InChI is InChI=1S/C19H18N4O/c1-2-12-5-3-4-6-13(12)18-20-9-8-16(23-18)17-11-14-15(22-17)7-10-21-19(14)24/h3-6,8-9,11,22H,2,7,10H2,1H3,(H,21,24). The van der Waals surface area contributed by atoms with Gasteiger partial charge in [-0.3, -0.25) is 4.79 Å². The number of nitrogens with one attached hydrogen (secondary N) is 2. The van der Waals surface area contributed by atoms with Crippen LogP contribution in [0.25, 0.3) is 22.8 Å². The van der Waals surface area contributed by atoms with Gasteiger partial charge < -0.3 is 10.3 Å². The molecule has 0 spiro atoms. The van der Waals surface area contributed by atoms with Crippen molar-refractivity contribution in [2.24, 2.45) is 0 Å². The number of carbonyl (C=O) groups excluding carboxylic acids is 1. The van der Waals surface area contributed by atoms with Gasteiger partial charge in [0.25, 0.3) is 5.91 Å². The Morgan fingerprint density at radius 3 is 2.88 bits per heavy atom. The van der Waals surface area contributed by atoms with E-state index >= 15 is 0 Å². The van der Waals surface area contributed by atoms with E-state index < -0.39 is 0 Å². The van der Waals surface area contributed by atoms with Crippen LogP contribution >= 0.6 is 0 Å². The van der Waals surface area contributed by atoms with Gasteiger partial charge in [0.2, 0.25) is 0 Å². The van der Waals surface area contributed by atoms with Gasteiger partial charge in [-0.15, -0.1) is 0 Å². The van der Waals surface area contributed by atoms with E-state index in [4.69, 9.17) is 4.98 Å². The number of amides is 1. The summed E-state index contributed by atoms with van der Waals surface area (Å²) < 4.78 is 0. The summed E-state index contributed by atoms with van der Waals surface area (Å²) in [7, 11) is 0. The highest BCUT2D eigenvalue weighted by molar-refractivity contribution is 5.97. The first kappa shape index (κ1) is 14.6. The van der Waals surface area contributed by atoms with Crippen LogP contribution in [-0.4, -0.2) is 27.4 Å².